The lowest BCUT2D eigenvalue weighted by Crippen LogP contribution is -2.02. The van der Waals surface area contributed by atoms with Crippen LogP contribution in [0.4, 0.5) is 4.39 Å². The predicted octanol–water partition coefficient (Wildman–Crippen LogP) is 3.69. The van der Waals surface area contributed by atoms with Gasteiger partial charge in [-0.1, -0.05) is 29.8 Å². The van der Waals surface area contributed by atoms with Gasteiger partial charge < -0.3 is 9.84 Å². The Bertz CT molecular complexity index is 608. The van der Waals surface area contributed by atoms with Crippen molar-refractivity contribution in [2.45, 2.75) is 13.0 Å². The number of hydrogen-bond acceptors (Lipinski definition) is 2. The zero-order valence-electron chi connectivity index (χ0n) is 10.5. The van der Waals surface area contributed by atoms with Crippen LogP contribution in [-0.4, -0.2) is 11.1 Å². The van der Waals surface area contributed by atoms with Gasteiger partial charge in [0.25, 0.3) is 0 Å². The van der Waals surface area contributed by atoms with Gasteiger partial charge in [0.2, 0.25) is 0 Å². The molecule has 0 radical (unpaired) electrons. The molecular weight excluding hydrogens is 283 g/mol. The molecule has 0 aliphatic rings. The number of halogens is 2. The zero-order chi connectivity index (χ0) is 14.5. The quantitative estimate of drug-likeness (QED) is 0.915. The van der Waals surface area contributed by atoms with Gasteiger partial charge in [-0.05, 0) is 29.8 Å². The van der Waals surface area contributed by atoms with E-state index in [1.54, 1.807) is 30.3 Å². The molecule has 0 fully saturated rings. The summed E-state index contributed by atoms with van der Waals surface area (Å²) in [5.74, 6) is -0.874. The van der Waals surface area contributed by atoms with E-state index in [-0.39, 0.29) is 18.6 Å². The lowest BCUT2D eigenvalue weighted by molar-refractivity contribution is -0.136. The summed E-state index contributed by atoms with van der Waals surface area (Å²) in [6.45, 7) is -0.0119. The number of rotatable bonds is 5. The lowest BCUT2D eigenvalue weighted by Gasteiger charge is -2.09. The Morgan fingerprint density at radius 3 is 2.70 bits per heavy atom. The van der Waals surface area contributed by atoms with Gasteiger partial charge in [0, 0.05) is 5.56 Å². The Labute approximate surface area is 120 Å². The molecule has 2 aromatic carbocycles. The maximum Gasteiger partial charge on any atom is 0.307 e. The first-order valence-corrected chi connectivity index (χ1v) is 6.30. The topological polar surface area (TPSA) is 46.5 Å². The summed E-state index contributed by atoms with van der Waals surface area (Å²) >= 11 is 5.90. The highest BCUT2D eigenvalue weighted by Crippen LogP contribution is 2.22. The maximum atomic E-state index is 13.6. The van der Waals surface area contributed by atoms with Gasteiger partial charge in [-0.2, -0.15) is 0 Å². The predicted molar refractivity (Wildman–Crippen MR) is 73.5 cm³/mol. The van der Waals surface area contributed by atoms with E-state index in [0.717, 1.165) is 0 Å². The molecule has 2 rings (SSSR count). The van der Waals surface area contributed by atoms with Gasteiger partial charge in [-0.3, -0.25) is 4.79 Å². The minimum absolute atomic E-state index is 0.0119. The van der Waals surface area contributed by atoms with Crippen molar-refractivity contribution in [2.24, 2.45) is 0 Å². The molecule has 0 heterocycles. The van der Waals surface area contributed by atoms with Crippen LogP contribution in [0.1, 0.15) is 11.1 Å². The van der Waals surface area contributed by atoms with Gasteiger partial charge in [-0.25, -0.2) is 4.39 Å². The second-order valence-corrected chi connectivity index (χ2v) is 4.61. The average molecular weight is 295 g/mol. The summed E-state index contributed by atoms with van der Waals surface area (Å²) in [6.07, 6.45) is -0.0857. The fourth-order valence-corrected chi connectivity index (χ4v) is 1.96. The zero-order valence-corrected chi connectivity index (χ0v) is 11.2. The van der Waals surface area contributed by atoms with Crippen LogP contribution in [0.25, 0.3) is 0 Å². The van der Waals surface area contributed by atoms with E-state index in [0.29, 0.717) is 16.3 Å². The van der Waals surface area contributed by atoms with Gasteiger partial charge in [0.05, 0.1) is 11.4 Å². The number of aliphatic carboxylic acids is 1. The number of carbonyl (C=O) groups is 1. The van der Waals surface area contributed by atoms with Crippen LogP contribution in [-0.2, 0) is 17.8 Å². The number of ether oxygens (including phenoxy) is 1. The highest BCUT2D eigenvalue weighted by Gasteiger charge is 2.08. The monoisotopic (exact) mass is 294 g/mol. The largest absolute Gasteiger partial charge is 0.489 e. The van der Waals surface area contributed by atoms with E-state index in [1.165, 1.54) is 12.1 Å². The molecule has 2 aromatic rings. The first kappa shape index (κ1) is 14.3. The minimum Gasteiger partial charge on any atom is -0.489 e. The molecule has 0 atom stereocenters. The Kier molecular flexibility index (Phi) is 4.58. The van der Waals surface area contributed by atoms with Crippen molar-refractivity contribution < 1.29 is 19.0 Å². The molecule has 0 unspecified atom stereocenters. The molecule has 0 bridgehead atoms. The van der Waals surface area contributed by atoms with Crippen LogP contribution < -0.4 is 4.74 Å². The summed E-state index contributed by atoms with van der Waals surface area (Å²) in [7, 11) is 0. The standard InChI is InChI=1S/C15H12ClFO3/c16-13-5-2-6-14(17)12(13)9-20-11-4-1-3-10(7-11)8-15(18)19/h1-7H,8-9H2,(H,18,19). The smallest absolute Gasteiger partial charge is 0.307 e. The van der Waals surface area contributed by atoms with E-state index in [4.69, 9.17) is 21.4 Å². The van der Waals surface area contributed by atoms with Crippen LogP contribution >= 0.6 is 11.6 Å². The molecule has 5 heteroatoms. The van der Waals surface area contributed by atoms with Gasteiger partial charge in [0.1, 0.15) is 18.2 Å². The maximum absolute atomic E-state index is 13.6. The molecule has 0 aliphatic carbocycles. The van der Waals surface area contributed by atoms with Crippen LogP contribution in [0, 0.1) is 5.82 Å². The average Bonchev–Trinajstić information content (AvgIpc) is 2.38. The Hall–Kier alpha value is -2.07. The van der Waals surface area contributed by atoms with Crippen LogP contribution in [0.3, 0.4) is 0 Å². The summed E-state index contributed by atoms with van der Waals surface area (Å²) in [5, 5.41) is 9.03. The summed E-state index contributed by atoms with van der Waals surface area (Å²) in [5.41, 5.74) is 0.896. The van der Waals surface area contributed by atoms with E-state index >= 15 is 0 Å². The highest BCUT2D eigenvalue weighted by molar-refractivity contribution is 6.31. The van der Waals surface area contributed by atoms with E-state index in [9.17, 15) is 9.18 Å². The van der Waals surface area contributed by atoms with E-state index < -0.39 is 11.8 Å². The Morgan fingerprint density at radius 2 is 2.00 bits per heavy atom. The summed E-state index contributed by atoms with van der Waals surface area (Å²) in [4.78, 5) is 10.6. The normalized spacial score (nSPS) is 10.3. The highest BCUT2D eigenvalue weighted by atomic mass is 35.5. The van der Waals surface area contributed by atoms with Crippen LogP contribution in [0.5, 0.6) is 5.75 Å². The molecule has 3 nitrogen and oxygen atoms in total. The van der Waals surface area contributed by atoms with E-state index in [2.05, 4.69) is 0 Å². The molecule has 20 heavy (non-hydrogen) atoms. The first-order chi connectivity index (χ1) is 9.56. The molecule has 0 saturated heterocycles. The molecular formula is C15H12ClFO3. The Balaban J connectivity index is 2.09. The van der Waals surface area contributed by atoms with Crippen molar-refractivity contribution in [3.8, 4) is 5.75 Å². The fourth-order valence-electron chi connectivity index (χ4n) is 1.75. The minimum atomic E-state index is -0.917. The molecule has 1 N–H and O–H groups in total. The Morgan fingerprint density at radius 1 is 1.25 bits per heavy atom. The molecule has 104 valence electrons. The van der Waals surface area contributed by atoms with Crippen molar-refractivity contribution in [1.29, 1.82) is 0 Å². The molecule has 0 aliphatic heterocycles. The van der Waals surface area contributed by atoms with Crippen molar-refractivity contribution in [1.82, 2.24) is 0 Å². The van der Waals surface area contributed by atoms with E-state index in [1.807, 2.05) is 0 Å². The molecule has 0 spiro atoms. The van der Waals surface area contributed by atoms with Gasteiger partial charge in [-0.15, -0.1) is 0 Å². The van der Waals surface area contributed by atoms with Crippen molar-refractivity contribution in [3.05, 3.63) is 64.4 Å². The number of carboxylic acids is 1. The summed E-state index contributed by atoms with van der Waals surface area (Å²) < 4.78 is 19.0. The third-order valence-electron chi connectivity index (χ3n) is 2.70. The fraction of sp³-hybridized carbons (Fsp3) is 0.133. The summed E-state index contributed by atoms with van der Waals surface area (Å²) in [6, 6.07) is 11.1. The molecule has 0 saturated carbocycles. The molecule has 0 aromatic heterocycles. The lowest BCUT2D eigenvalue weighted by atomic mass is 10.1. The van der Waals surface area contributed by atoms with Crippen molar-refractivity contribution in [2.75, 3.05) is 0 Å². The SMILES string of the molecule is O=C(O)Cc1cccc(OCc2c(F)cccc2Cl)c1. The second-order valence-electron chi connectivity index (χ2n) is 4.21. The number of benzene rings is 2. The first-order valence-electron chi connectivity index (χ1n) is 5.92. The van der Waals surface area contributed by atoms with Gasteiger partial charge >= 0.3 is 5.97 Å². The number of carboxylic acid groups (broad SMARTS) is 1. The van der Waals surface area contributed by atoms with Crippen LogP contribution in [0.15, 0.2) is 42.5 Å². The van der Waals surface area contributed by atoms with Crippen molar-refractivity contribution in [3.63, 3.8) is 0 Å². The molecule has 0 amide bonds. The third-order valence-corrected chi connectivity index (χ3v) is 3.05. The van der Waals surface area contributed by atoms with Crippen LogP contribution in [0.2, 0.25) is 5.02 Å². The van der Waals surface area contributed by atoms with Gasteiger partial charge in [0.15, 0.2) is 0 Å². The third kappa shape index (κ3) is 3.71. The second kappa shape index (κ2) is 6.39. The van der Waals surface area contributed by atoms with Crippen molar-refractivity contribution >= 4 is 17.6 Å². The number of hydrogen-bond donors (Lipinski definition) is 1.